The number of nitrogens with two attached hydrogens (primary N) is 1. The molecule has 13 atom stereocenters. The summed E-state index contributed by atoms with van der Waals surface area (Å²) in [6, 6.07) is 8.11. The number of ether oxygens (including phenoxy) is 4. The first kappa shape index (κ1) is 107. The highest BCUT2D eigenvalue weighted by Crippen LogP contribution is 2.60. The molecule has 10 amide bonds. The number of hydrogen-bond donors (Lipinski definition) is 11. The lowest BCUT2D eigenvalue weighted by molar-refractivity contribution is -0.155. The van der Waals surface area contributed by atoms with Crippen molar-refractivity contribution in [1.82, 2.24) is 62.4 Å². The van der Waals surface area contributed by atoms with Crippen molar-refractivity contribution in [2.45, 2.75) is 292 Å². The van der Waals surface area contributed by atoms with Crippen LogP contribution in [0.4, 0.5) is 9.59 Å². The number of allylic oxidation sites excluding steroid dienone is 1. The number of primary amides is 1. The minimum Gasteiger partial charge on any atom is -0.461 e. The molecule has 0 radical (unpaired) electrons. The highest BCUT2D eigenvalue weighted by Gasteiger charge is 2.39. The predicted octanol–water partition coefficient (Wildman–Crippen LogP) is 9.02. The molecule has 0 fully saturated rings. The van der Waals surface area contributed by atoms with Gasteiger partial charge < -0.3 is 81.9 Å². The molecule has 38 heteroatoms. The molecule has 3 aromatic rings. The molecule has 4 rings (SSSR count). The standard InChI is InChI=1S/C86H135N13O23P2/c1-14-58(7)76-81(107)92-63(12)84(110)121-77(59(8)15-2)61(10)70(43-38-60(9)83(109)119-71(51-56(3)4)79(105)91-62(11)78(104)94-68(52-64-33-24-22-25-34-64)82(108)98(13)54-73(102)96-76)120-86(112)89-44-28-19-16-17-21-31-50-123(113,114)122-124(115,116)118-49-30-20-18-27-37-74(103)117-55-66-41-39-65(40-42-66)53-69(100)67(35-32-45-88-85(87)111)93-80(106)75(57(5)6)95-72(101)36-26-23-29-47-99-48-46-90-97-99/h15,22,24-25,33-34,38-42,46,48,56-58,61-63,67-68,70-71,75-77H,14,16-21,23,26-32,35-37,43-45,47,49-55H2,1-13H3,(H,89,112)(H,91,105)(H,92,107)(H,93,106)(H,94,104)(H,95,101)(H,96,102)(H,113,114)(H,115,116)(H3,87,88,111)/b59-15+,60-38+/t58?,61-,62-,63+,67+,68+,70-,71+,75+,76-,77+/m0/s1. The fourth-order valence-electron chi connectivity index (χ4n) is 13.3. The van der Waals surface area contributed by atoms with Crippen molar-refractivity contribution in [2.24, 2.45) is 29.4 Å². The number of urea groups is 1. The van der Waals surface area contributed by atoms with Gasteiger partial charge in [-0.05, 0) is 132 Å². The number of benzene rings is 2. The summed E-state index contributed by atoms with van der Waals surface area (Å²) in [7, 11) is -8.14. The Balaban J connectivity index is 1.24. The van der Waals surface area contributed by atoms with Crippen molar-refractivity contribution in [3.63, 3.8) is 0 Å². The fraction of sp³-hybridized carbons (Fsp3) is 0.640. The normalized spacial score (nSPS) is 21.1. The monoisotopic (exact) mass is 1780 g/mol. The average Bonchev–Trinajstić information content (AvgIpc) is 0.872. The number of aromatic nitrogens is 3. The minimum atomic E-state index is -4.93. The predicted molar refractivity (Wildman–Crippen MR) is 462 cm³/mol. The molecule has 0 bridgehead atoms. The number of rotatable bonds is 46. The summed E-state index contributed by atoms with van der Waals surface area (Å²) >= 11 is 0. The third kappa shape index (κ3) is 41.8. The number of Topliss-reactive ketones (excluding diaryl/α,β-unsaturated/α-hetero) is 1. The maximum Gasteiger partial charge on any atom is 0.479 e. The van der Waals surface area contributed by atoms with Crippen LogP contribution in [-0.2, 0) is 116 Å². The van der Waals surface area contributed by atoms with Crippen LogP contribution in [0.15, 0.2) is 90.3 Å². The summed E-state index contributed by atoms with van der Waals surface area (Å²) in [5.74, 6) is -8.76. The zero-order chi connectivity index (χ0) is 92.1. The molecule has 12 N–H and O–H groups in total. The van der Waals surface area contributed by atoms with Gasteiger partial charge in [0, 0.05) is 76.5 Å². The number of nitrogens with zero attached hydrogens (tertiary/aromatic N) is 4. The number of nitrogens with one attached hydrogen (secondary N) is 8. The number of carbonyl (C=O) groups is 13. The molecule has 0 aliphatic carbocycles. The maximum atomic E-state index is 14.2. The van der Waals surface area contributed by atoms with Crippen molar-refractivity contribution >= 4 is 92.6 Å². The van der Waals surface area contributed by atoms with Gasteiger partial charge in [0.25, 0.3) is 5.91 Å². The second-order valence-electron chi connectivity index (χ2n) is 32.5. The molecular formula is C86H135N13O23P2. The Hall–Kier alpha value is -9.73. The van der Waals surface area contributed by atoms with E-state index in [0.29, 0.717) is 99.4 Å². The van der Waals surface area contributed by atoms with Crippen molar-refractivity contribution in [2.75, 3.05) is 39.5 Å². The van der Waals surface area contributed by atoms with Crippen molar-refractivity contribution < 1.29 is 109 Å². The lowest BCUT2D eigenvalue weighted by atomic mass is 9.90. The van der Waals surface area contributed by atoms with Crippen LogP contribution in [-0.4, -0.2) is 201 Å². The number of alkyl carbamates (subject to hydrolysis) is 1. The summed E-state index contributed by atoms with van der Waals surface area (Å²) in [5, 5.41) is 29.3. The number of phosphoric acid groups is 1. The average molecular weight is 1780 g/mol. The number of aryl methyl sites for hydroxylation is 1. The molecule has 1 aliphatic rings. The van der Waals surface area contributed by atoms with E-state index >= 15 is 0 Å². The molecule has 0 saturated carbocycles. The lowest BCUT2D eigenvalue weighted by Crippen LogP contribution is -2.57. The molecule has 1 aliphatic heterocycles. The van der Waals surface area contributed by atoms with Crippen LogP contribution in [0.1, 0.15) is 228 Å². The third-order valence-electron chi connectivity index (χ3n) is 21.0. The SMILES string of the molecule is C/C=C(\C)[C@H]1OC(=O)[C@@H](C)NC(=O)[C@H](C(C)CC)NC(=O)CN(C)C(=O)[C@@H](Cc2ccccc2)NC(=O)[C@H](C)NC(=O)[C@@H](CC(C)C)OC(=O)/C(C)=C/C[C@H](OC(=O)NCCCCCCCCP(=O)(O)OP(=O)(O)OCCCCCCC(=O)OCc2ccc(CC(=O)[C@@H](CCCNC(N)=O)NC(=O)[C@H](NC(=O)CCCCCn3ccnn3)C(C)C)cc2)[C@@H]1C. The van der Waals surface area contributed by atoms with E-state index < -0.39 is 160 Å². The summed E-state index contributed by atoms with van der Waals surface area (Å²) in [6.07, 6.45) is 9.57. The number of phosphoric ester groups is 1. The number of ketones is 1. The first-order chi connectivity index (χ1) is 58.7. The van der Waals surface area contributed by atoms with E-state index in [4.69, 9.17) is 33.5 Å². The Labute approximate surface area is 728 Å². The van der Waals surface area contributed by atoms with E-state index in [9.17, 15) is 81.2 Å². The van der Waals surface area contributed by atoms with Crippen LogP contribution < -0.4 is 48.3 Å². The number of unbranched alkanes of at least 4 members (excludes halogenated alkanes) is 10. The summed E-state index contributed by atoms with van der Waals surface area (Å²) < 4.78 is 60.5. The van der Waals surface area contributed by atoms with Crippen LogP contribution >= 0.6 is 15.4 Å². The highest BCUT2D eigenvalue weighted by molar-refractivity contribution is 7.64. The van der Waals surface area contributed by atoms with Crippen molar-refractivity contribution in [3.8, 4) is 0 Å². The quantitative estimate of drug-likeness (QED) is 0.00825. The number of esters is 3. The molecule has 124 heavy (non-hydrogen) atoms. The van der Waals surface area contributed by atoms with E-state index in [1.807, 2.05) is 20.8 Å². The highest BCUT2D eigenvalue weighted by atomic mass is 31.3. The van der Waals surface area contributed by atoms with Gasteiger partial charge in [-0.1, -0.05) is 172 Å². The maximum absolute atomic E-state index is 14.2. The minimum absolute atomic E-state index is 0.000773. The van der Waals surface area contributed by atoms with E-state index in [1.165, 1.54) is 33.9 Å². The first-order valence-electron chi connectivity index (χ1n) is 43.1. The number of amides is 10. The fourth-order valence-corrected chi connectivity index (χ4v) is 16.1. The summed E-state index contributed by atoms with van der Waals surface area (Å²) in [5.41, 5.74) is 7.75. The Morgan fingerprint density at radius 3 is 2.02 bits per heavy atom. The lowest BCUT2D eigenvalue weighted by Gasteiger charge is -2.32. The van der Waals surface area contributed by atoms with Crippen LogP contribution in [0.2, 0.25) is 0 Å². The molecule has 0 spiro atoms. The second-order valence-corrected chi connectivity index (χ2v) is 36.1. The van der Waals surface area contributed by atoms with E-state index in [-0.39, 0.29) is 113 Å². The van der Waals surface area contributed by atoms with Gasteiger partial charge in [-0.2, -0.15) is 0 Å². The van der Waals surface area contributed by atoms with Crippen LogP contribution in [0, 0.1) is 23.7 Å². The Morgan fingerprint density at radius 1 is 0.734 bits per heavy atom. The van der Waals surface area contributed by atoms with Gasteiger partial charge in [0.1, 0.15) is 49.0 Å². The van der Waals surface area contributed by atoms with Gasteiger partial charge in [-0.25, -0.2) is 28.1 Å². The molecule has 3 unspecified atom stereocenters. The Kier molecular flexibility index (Phi) is 48.4. The van der Waals surface area contributed by atoms with Gasteiger partial charge in [0.15, 0.2) is 11.9 Å². The van der Waals surface area contributed by atoms with Gasteiger partial charge in [0.2, 0.25) is 35.4 Å². The largest absolute Gasteiger partial charge is 0.479 e. The number of cyclic esters (lactones) is 2. The van der Waals surface area contributed by atoms with Crippen LogP contribution in [0.5, 0.6) is 0 Å². The first-order valence-corrected chi connectivity index (χ1v) is 46.4. The molecule has 2 aromatic carbocycles. The smallest absolute Gasteiger partial charge is 0.461 e. The van der Waals surface area contributed by atoms with E-state index in [0.717, 1.165) is 17.7 Å². The second kappa shape index (κ2) is 56.3. The van der Waals surface area contributed by atoms with Gasteiger partial charge in [-0.3, -0.25) is 56.9 Å². The number of hydrogen-bond acceptors (Lipinski definition) is 23. The number of carbonyl (C=O) groups excluding carboxylic acids is 13. The number of likely N-dealkylation sites (N-methyl/N-ethyl adjacent to an activating group) is 1. The Morgan fingerprint density at radius 2 is 1.37 bits per heavy atom. The molecule has 1 aromatic heterocycles. The van der Waals surface area contributed by atoms with Gasteiger partial charge in [-0.15, -0.1) is 5.10 Å². The van der Waals surface area contributed by atoms with Gasteiger partial charge >= 0.3 is 45.5 Å². The molecule has 36 nitrogen and oxygen atoms in total. The van der Waals surface area contributed by atoms with Crippen LogP contribution in [0.25, 0.3) is 0 Å². The van der Waals surface area contributed by atoms with Crippen molar-refractivity contribution in [3.05, 3.63) is 107 Å². The Bertz CT molecular complexity index is 4080. The topological polar surface area (TPSA) is 508 Å². The van der Waals surface area contributed by atoms with Gasteiger partial charge in [0.05, 0.1) is 31.6 Å². The molecule has 2 heterocycles. The molecule has 0 saturated heterocycles. The van der Waals surface area contributed by atoms with Crippen molar-refractivity contribution in [1.29, 1.82) is 0 Å². The molecular weight excluding hydrogens is 1640 g/mol. The molecule has 692 valence electrons. The zero-order valence-corrected chi connectivity index (χ0v) is 76.0. The zero-order valence-electron chi connectivity index (χ0n) is 74.2. The van der Waals surface area contributed by atoms with Crippen LogP contribution in [0.3, 0.4) is 0 Å². The summed E-state index contributed by atoms with van der Waals surface area (Å²) in [6.45, 7) is 20.2. The summed E-state index contributed by atoms with van der Waals surface area (Å²) in [4.78, 5) is 198. The third-order valence-corrected chi connectivity index (χ3v) is 24.2. The van der Waals surface area contributed by atoms with E-state index in [2.05, 4.69) is 52.8 Å². The van der Waals surface area contributed by atoms with E-state index in [1.54, 1.807) is 119 Å².